The maximum Gasteiger partial charge on any atom is 0.431 e. The van der Waals surface area contributed by atoms with Crippen LogP contribution in [0.1, 0.15) is 38.3 Å². The number of amides is 1. The van der Waals surface area contributed by atoms with Gasteiger partial charge in [-0.3, -0.25) is 9.80 Å². The van der Waals surface area contributed by atoms with Crippen molar-refractivity contribution in [2.24, 2.45) is 5.10 Å². The Morgan fingerprint density at radius 2 is 1.81 bits per heavy atom. The first-order valence-corrected chi connectivity index (χ1v) is 9.66. The van der Waals surface area contributed by atoms with E-state index in [4.69, 9.17) is 5.26 Å². The summed E-state index contributed by atoms with van der Waals surface area (Å²) >= 11 is 0. The number of anilines is 2. The molecule has 1 aliphatic heterocycles. The van der Waals surface area contributed by atoms with Gasteiger partial charge in [-0.15, -0.1) is 0 Å². The molecule has 172 valence electrons. The first-order valence-electron chi connectivity index (χ1n) is 9.66. The molecule has 10 heteroatoms. The van der Waals surface area contributed by atoms with E-state index in [1.54, 1.807) is 26.0 Å². The van der Waals surface area contributed by atoms with Gasteiger partial charge in [-0.25, -0.2) is 8.78 Å². The Bertz CT molecular complexity index is 999. The number of hydrogen-bond acceptors (Lipinski definition) is 4. The highest BCUT2D eigenvalue weighted by Gasteiger charge is 2.41. The standard InChI is InChI=1S/C12H9F4N3.C8H8FNO.C2H6/c1-7-4-11(12(14,15)16)18-19(7)9-2-3-10(13)8(5-9)6-17;1-6-2-3-8(10-5-11)7(9)4-6;1-2/h2-3,5,7H,4H2,1H3;2-5H,1H3,(H,10,11);1-2H3. The second-order valence-corrected chi connectivity index (χ2v) is 6.46. The number of halogens is 5. The lowest BCUT2D eigenvalue weighted by Gasteiger charge is -2.20. The van der Waals surface area contributed by atoms with E-state index in [0.29, 0.717) is 6.41 Å². The van der Waals surface area contributed by atoms with Crippen molar-refractivity contribution in [3.05, 3.63) is 59.2 Å². The molecule has 1 amide bonds. The highest BCUT2D eigenvalue weighted by molar-refractivity contribution is 5.93. The number of carbonyl (C=O) groups excluding carboxylic acids is 1. The summed E-state index contributed by atoms with van der Waals surface area (Å²) in [7, 11) is 0. The van der Waals surface area contributed by atoms with Crippen molar-refractivity contribution in [2.75, 3.05) is 10.3 Å². The van der Waals surface area contributed by atoms with E-state index < -0.39 is 29.6 Å². The Morgan fingerprint density at radius 1 is 1.16 bits per heavy atom. The molecule has 0 spiro atoms. The molecule has 1 aliphatic rings. The van der Waals surface area contributed by atoms with Gasteiger partial charge in [0.15, 0.2) is 0 Å². The molecule has 1 N–H and O–H groups in total. The van der Waals surface area contributed by atoms with Crippen LogP contribution >= 0.6 is 0 Å². The van der Waals surface area contributed by atoms with Crippen LogP contribution in [0.15, 0.2) is 41.5 Å². The average molecular weight is 454 g/mol. The Hall–Kier alpha value is -3.48. The maximum atomic E-state index is 13.2. The van der Waals surface area contributed by atoms with Crippen molar-refractivity contribution in [1.82, 2.24) is 0 Å². The van der Waals surface area contributed by atoms with Gasteiger partial charge in [0.2, 0.25) is 6.41 Å². The molecule has 0 aromatic heterocycles. The summed E-state index contributed by atoms with van der Waals surface area (Å²) < 4.78 is 63.7. The number of hydrogen-bond donors (Lipinski definition) is 1. The molecule has 0 saturated heterocycles. The summed E-state index contributed by atoms with van der Waals surface area (Å²) in [6, 6.07) is 9.31. The fourth-order valence-corrected chi connectivity index (χ4v) is 2.66. The van der Waals surface area contributed by atoms with E-state index in [1.165, 1.54) is 24.3 Å². The van der Waals surface area contributed by atoms with Crippen LogP contribution < -0.4 is 10.3 Å². The van der Waals surface area contributed by atoms with Crippen molar-refractivity contribution in [1.29, 1.82) is 5.26 Å². The van der Waals surface area contributed by atoms with Gasteiger partial charge in [-0.05, 0) is 49.7 Å². The van der Waals surface area contributed by atoms with Crippen LogP contribution in [0.5, 0.6) is 0 Å². The number of alkyl halides is 3. The lowest BCUT2D eigenvalue weighted by molar-refractivity contribution is -0.105. The van der Waals surface area contributed by atoms with Crippen molar-refractivity contribution >= 4 is 23.5 Å². The van der Waals surface area contributed by atoms with Crippen LogP contribution in [0.25, 0.3) is 0 Å². The lowest BCUT2D eigenvalue weighted by atomic mass is 10.1. The Kier molecular flexibility index (Phi) is 9.78. The third-order valence-corrected chi connectivity index (χ3v) is 4.14. The van der Waals surface area contributed by atoms with Crippen LogP contribution in [-0.2, 0) is 4.79 Å². The van der Waals surface area contributed by atoms with E-state index in [2.05, 4.69) is 10.4 Å². The molecule has 0 fully saturated rings. The zero-order valence-electron chi connectivity index (χ0n) is 18.0. The van der Waals surface area contributed by atoms with Gasteiger partial charge in [-0.1, -0.05) is 19.9 Å². The number of nitrogens with zero attached hydrogens (tertiary/aromatic N) is 3. The predicted molar refractivity (Wildman–Crippen MR) is 113 cm³/mol. The summed E-state index contributed by atoms with van der Waals surface area (Å²) in [4.78, 5) is 9.93. The Balaban J connectivity index is 0.000000335. The number of nitrogens with one attached hydrogen (secondary N) is 1. The third-order valence-electron chi connectivity index (χ3n) is 4.14. The van der Waals surface area contributed by atoms with Gasteiger partial charge >= 0.3 is 6.18 Å². The highest BCUT2D eigenvalue weighted by Crippen LogP contribution is 2.31. The topological polar surface area (TPSA) is 68.5 Å². The summed E-state index contributed by atoms with van der Waals surface area (Å²) in [5, 5.41) is 15.6. The van der Waals surface area contributed by atoms with E-state index in [1.807, 2.05) is 13.8 Å². The van der Waals surface area contributed by atoms with Crippen LogP contribution in [0.3, 0.4) is 0 Å². The fraction of sp³-hybridized carbons (Fsp3) is 0.318. The molecule has 32 heavy (non-hydrogen) atoms. The minimum Gasteiger partial charge on any atom is -0.326 e. The van der Waals surface area contributed by atoms with Gasteiger partial charge in [0.25, 0.3) is 0 Å². The minimum absolute atomic E-state index is 0.214. The van der Waals surface area contributed by atoms with Gasteiger partial charge in [0, 0.05) is 6.42 Å². The van der Waals surface area contributed by atoms with E-state index in [9.17, 15) is 26.7 Å². The van der Waals surface area contributed by atoms with E-state index in [-0.39, 0.29) is 23.4 Å². The summed E-state index contributed by atoms with van der Waals surface area (Å²) in [5.74, 6) is -1.12. The number of benzene rings is 2. The van der Waals surface area contributed by atoms with Crippen LogP contribution in [0, 0.1) is 29.9 Å². The van der Waals surface area contributed by atoms with E-state index in [0.717, 1.165) is 16.6 Å². The normalized spacial score (nSPS) is 14.8. The second-order valence-electron chi connectivity index (χ2n) is 6.46. The quantitative estimate of drug-likeness (QED) is 0.461. The molecule has 0 saturated carbocycles. The number of rotatable bonds is 3. The van der Waals surface area contributed by atoms with Crippen molar-refractivity contribution in [2.45, 2.75) is 46.3 Å². The second kappa shape index (κ2) is 11.8. The van der Waals surface area contributed by atoms with Gasteiger partial charge in [0.1, 0.15) is 23.4 Å². The Morgan fingerprint density at radius 3 is 2.31 bits per heavy atom. The smallest absolute Gasteiger partial charge is 0.326 e. The molecule has 1 heterocycles. The molecule has 1 atom stereocenters. The monoisotopic (exact) mass is 454 g/mol. The minimum atomic E-state index is -4.47. The zero-order valence-corrected chi connectivity index (χ0v) is 18.0. The largest absolute Gasteiger partial charge is 0.431 e. The summed E-state index contributed by atoms with van der Waals surface area (Å²) in [5.41, 5.74) is 0.220. The number of nitriles is 1. The number of hydrazone groups is 1. The molecule has 1 unspecified atom stereocenters. The Labute approximate surface area is 183 Å². The molecular formula is C22H23F5N4O. The fourth-order valence-electron chi connectivity index (χ4n) is 2.66. The predicted octanol–water partition coefficient (Wildman–Crippen LogP) is 5.94. The maximum absolute atomic E-state index is 13.2. The number of carbonyl (C=O) groups is 1. The lowest BCUT2D eigenvalue weighted by Crippen LogP contribution is -2.24. The molecule has 2 aromatic rings. The van der Waals surface area contributed by atoms with Crippen LogP contribution in [-0.4, -0.2) is 24.3 Å². The summed E-state index contributed by atoms with van der Waals surface area (Å²) in [6.07, 6.45) is -4.25. The first kappa shape index (κ1) is 26.6. The van der Waals surface area contributed by atoms with Crippen molar-refractivity contribution < 1.29 is 26.7 Å². The molecule has 0 radical (unpaired) electrons. The van der Waals surface area contributed by atoms with E-state index >= 15 is 0 Å². The molecule has 0 bridgehead atoms. The summed E-state index contributed by atoms with van der Waals surface area (Å²) in [6.45, 7) is 7.37. The average Bonchev–Trinajstić information content (AvgIpc) is 3.15. The third kappa shape index (κ3) is 7.04. The SMILES string of the molecule is CC.CC1CC(C(F)(F)F)=NN1c1ccc(F)c(C#N)c1.Cc1ccc(NC=O)c(F)c1. The zero-order chi connectivity index (χ0) is 24.5. The molecular weight excluding hydrogens is 431 g/mol. The van der Waals surface area contributed by atoms with Crippen LogP contribution in [0.4, 0.5) is 33.3 Å². The molecule has 3 rings (SSSR count). The molecule has 2 aromatic carbocycles. The van der Waals surface area contributed by atoms with Crippen LogP contribution in [0.2, 0.25) is 0 Å². The first-order chi connectivity index (χ1) is 15.1. The highest BCUT2D eigenvalue weighted by atomic mass is 19.4. The molecule has 0 aliphatic carbocycles. The van der Waals surface area contributed by atoms with Crippen molar-refractivity contribution in [3.63, 3.8) is 0 Å². The molecule has 5 nitrogen and oxygen atoms in total. The van der Waals surface area contributed by atoms with Gasteiger partial charge in [-0.2, -0.15) is 23.5 Å². The van der Waals surface area contributed by atoms with Gasteiger partial charge < -0.3 is 5.32 Å². The van der Waals surface area contributed by atoms with Crippen molar-refractivity contribution in [3.8, 4) is 6.07 Å². The van der Waals surface area contributed by atoms with Gasteiger partial charge in [0.05, 0.1) is 23.0 Å². The number of aryl methyl sites for hydroxylation is 1.